The van der Waals surface area contributed by atoms with Gasteiger partial charge in [-0.3, -0.25) is 0 Å². The van der Waals surface area contributed by atoms with Crippen molar-refractivity contribution < 1.29 is 13.2 Å². The van der Waals surface area contributed by atoms with Crippen LogP contribution in [0.25, 0.3) is 16.9 Å². The molecule has 0 unspecified atom stereocenters. The highest BCUT2D eigenvalue weighted by Crippen LogP contribution is 2.30. The zero-order valence-corrected chi connectivity index (χ0v) is 9.07. The van der Waals surface area contributed by atoms with Gasteiger partial charge in [0.1, 0.15) is 5.65 Å². The average Bonchev–Trinajstić information content (AvgIpc) is 2.88. The van der Waals surface area contributed by atoms with Crippen molar-refractivity contribution in [2.24, 2.45) is 0 Å². The summed E-state index contributed by atoms with van der Waals surface area (Å²) in [5, 5.41) is 4.24. The average molecular weight is 251 g/mol. The van der Waals surface area contributed by atoms with Crippen LogP contribution in [0, 0.1) is 0 Å². The minimum atomic E-state index is -4.31. The first-order chi connectivity index (χ1) is 8.54. The molecule has 0 fully saturated rings. The highest BCUT2D eigenvalue weighted by atomic mass is 19.4. The smallest absolute Gasteiger partial charge is 0.345 e. The Labute approximate surface area is 99.9 Å². The third kappa shape index (κ3) is 1.75. The molecule has 92 valence electrons. The number of nitrogens with one attached hydrogen (secondary N) is 1. The molecule has 3 aromatic rings. The Balaban J connectivity index is 2.00. The van der Waals surface area contributed by atoms with Gasteiger partial charge in [-0.15, -0.1) is 0 Å². The number of rotatable bonds is 1. The molecule has 3 nitrogen and oxygen atoms in total. The molecule has 6 heteroatoms. The molecule has 0 saturated heterocycles. The lowest BCUT2D eigenvalue weighted by atomic mass is 10.1. The molecule has 0 aliphatic heterocycles. The summed E-state index contributed by atoms with van der Waals surface area (Å²) < 4.78 is 38.9. The maximum atomic E-state index is 12.4. The van der Waals surface area contributed by atoms with Crippen LogP contribution in [0.5, 0.6) is 0 Å². The lowest BCUT2D eigenvalue weighted by Gasteiger charge is -2.06. The Morgan fingerprint density at radius 2 is 1.83 bits per heavy atom. The van der Waals surface area contributed by atoms with E-state index in [-0.39, 0.29) is 0 Å². The highest BCUT2D eigenvalue weighted by molar-refractivity contribution is 5.64. The van der Waals surface area contributed by atoms with Gasteiger partial charge >= 0.3 is 6.18 Å². The minimum absolute atomic E-state index is 0.635. The minimum Gasteiger partial charge on any atom is -0.345 e. The summed E-state index contributed by atoms with van der Waals surface area (Å²) in [4.78, 5) is 2.97. The van der Waals surface area contributed by atoms with Gasteiger partial charge in [0.05, 0.1) is 11.3 Å². The second-order valence-electron chi connectivity index (χ2n) is 3.89. The number of H-pyrrole nitrogens is 1. The van der Waals surface area contributed by atoms with Crippen molar-refractivity contribution in [3.05, 3.63) is 48.3 Å². The number of alkyl halides is 3. The van der Waals surface area contributed by atoms with Crippen molar-refractivity contribution in [2.45, 2.75) is 6.18 Å². The molecular formula is C12H8F3N3. The van der Waals surface area contributed by atoms with E-state index in [9.17, 15) is 13.2 Å². The topological polar surface area (TPSA) is 33.1 Å². The summed E-state index contributed by atoms with van der Waals surface area (Å²) in [6.45, 7) is 0. The molecule has 2 heterocycles. The number of imidazole rings is 1. The zero-order chi connectivity index (χ0) is 12.8. The molecule has 0 saturated carbocycles. The van der Waals surface area contributed by atoms with Gasteiger partial charge in [0, 0.05) is 24.0 Å². The monoisotopic (exact) mass is 251 g/mol. The first-order valence-electron chi connectivity index (χ1n) is 5.24. The van der Waals surface area contributed by atoms with E-state index >= 15 is 0 Å². The van der Waals surface area contributed by atoms with Crippen molar-refractivity contribution >= 4 is 5.65 Å². The fraction of sp³-hybridized carbons (Fsp3) is 0.0833. The number of benzene rings is 1. The molecule has 0 aliphatic carbocycles. The van der Waals surface area contributed by atoms with Gasteiger partial charge in [-0.25, -0.2) is 4.52 Å². The Kier molecular flexibility index (Phi) is 2.19. The number of aromatic amines is 1. The second-order valence-corrected chi connectivity index (χ2v) is 3.89. The van der Waals surface area contributed by atoms with E-state index < -0.39 is 11.7 Å². The van der Waals surface area contributed by atoms with Gasteiger partial charge in [0.25, 0.3) is 0 Å². The third-order valence-corrected chi connectivity index (χ3v) is 2.69. The first kappa shape index (κ1) is 10.9. The lowest BCUT2D eigenvalue weighted by Crippen LogP contribution is -2.03. The van der Waals surface area contributed by atoms with E-state index in [2.05, 4.69) is 10.1 Å². The van der Waals surface area contributed by atoms with Gasteiger partial charge in [-0.05, 0) is 12.1 Å². The van der Waals surface area contributed by atoms with Crippen LogP contribution in [-0.2, 0) is 6.18 Å². The second kappa shape index (κ2) is 3.63. The van der Waals surface area contributed by atoms with Gasteiger partial charge in [-0.2, -0.15) is 18.3 Å². The van der Waals surface area contributed by atoms with Crippen molar-refractivity contribution in [3.63, 3.8) is 0 Å². The molecular weight excluding hydrogens is 243 g/mol. The molecule has 18 heavy (non-hydrogen) atoms. The van der Waals surface area contributed by atoms with Crippen LogP contribution in [0.4, 0.5) is 13.2 Å². The quantitative estimate of drug-likeness (QED) is 0.706. The molecule has 0 radical (unpaired) electrons. The molecule has 0 atom stereocenters. The van der Waals surface area contributed by atoms with E-state index in [0.29, 0.717) is 11.3 Å². The van der Waals surface area contributed by atoms with Gasteiger partial charge in [0.15, 0.2) is 0 Å². The predicted octanol–water partition coefficient (Wildman–Crippen LogP) is 3.35. The van der Waals surface area contributed by atoms with Crippen molar-refractivity contribution in [1.82, 2.24) is 14.6 Å². The van der Waals surface area contributed by atoms with E-state index in [1.165, 1.54) is 12.1 Å². The first-order valence-corrected chi connectivity index (χ1v) is 5.24. The maximum Gasteiger partial charge on any atom is 0.416 e. The molecule has 1 N–H and O–H groups in total. The highest BCUT2D eigenvalue weighted by Gasteiger charge is 2.30. The Morgan fingerprint density at radius 3 is 2.44 bits per heavy atom. The summed E-state index contributed by atoms with van der Waals surface area (Å²) in [5.41, 5.74) is 1.43. The van der Waals surface area contributed by atoms with Gasteiger partial charge in [0.2, 0.25) is 0 Å². The van der Waals surface area contributed by atoms with E-state index in [0.717, 1.165) is 17.8 Å². The van der Waals surface area contributed by atoms with Crippen LogP contribution < -0.4 is 0 Å². The summed E-state index contributed by atoms with van der Waals surface area (Å²) in [7, 11) is 0. The number of hydrogen-bond acceptors (Lipinski definition) is 1. The van der Waals surface area contributed by atoms with E-state index in [1.807, 2.05) is 0 Å². The molecule has 3 rings (SSSR count). The van der Waals surface area contributed by atoms with Gasteiger partial charge < -0.3 is 4.98 Å². The number of aromatic nitrogens is 3. The molecule has 0 amide bonds. The van der Waals surface area contributed by atoms with Crippen LogP contribution in [0.3, 0.4) is 0 Å². The van der Waals surface area contributed by atoms with Crippen molar-refractivity contribution in [3.8, 4) is 11.3 Å². The molecule has 2 aromatic heterocycles. The fourth-order valence-corrected chi connectivity index (χ4v) is 1.78. The zero-order valence-electron chi connectivity index (χ0n) is 9.07. The van der Waals surface area contributed by atoms with Crippen LogP contribution >= 0.6 is 0 Å². The maximum absolute atomic E-state index is 12.4. The van der Waals surface area contributed by atoms with Crippen LogP contribution in [-0.4, -0.2) is 14.6 Å². The number of nitrogens with zero attached hydrogens (tertiary/aromatic N) is 2. The normalized spacial score (nSPS) is 12.2. The number of hydrogen-bond donors (Lipinski definition) is 1. The van der Waals surface area contributed by atoms with E-state index in [1.54, 1.807) is 23.0 Å². The summed E-state index contributed by atoms with van der Waals surface area (Å²) in [6, 6.07) is 6.74. The standard InChI is InChI=1S/C12H8F3N3/c13-12(14,15)9-3-1-8(2-4-9)10-7-11-16-5-6-18(11)17-10/h1-7,16H. The summed E-state index contributed by atoms with van der Waals surface area (Å²) >= 11 is 0. The Hall–Kier alpha value is -2.24. The lowest BCUT2D eigenvalue weighted by molar-refractivity contribution is -0.137. The summed E-state index contributed by atoms with van der Waals surface area (Å²) in [5.74, 6) is 0. The molecule has 0 bridgehead atoms. The van der Waals surface area contributed by atoms with Gasteiger partial charge in [-0.1, -0.05) is 12.1 Å². The molecule has 0 aliphatic rings. The Morgan fingerprint density at radius 1 is 1.11 bits per heavy atom. The van der Waals surface area contributed by atoms with Crippen LogP contribution in [0.2, 0.25) is 0 Å². The van der Waals surface area contributed by atoms with Crippen molar-refractivity contribution in [1.29, 1.82) is 0 Å². The van der Waals surface area contributed by atoms with Crippen LogP contribution in [0.1, 0.15) is 5.56 Å². The van der Waals surface area contributed by atoms with E-state index in [4.69, 9.17) is 0 Å². The van der Waals surface area contributed by atoms with Crippen LogP contribution in [0.15, 0.2) is 42.7 Å². The predicted molar refractivity (Wildman–Crippen MR) is 60.0 cm³/mol. The van der Waals surface area contributed by atoms with Crippen molar-refractivity contribution in [2.75, 3.05) is 0 Å². The number of halogens is 3. The largest absolute Gasteiger partial charge is 0.416 e. The molecule has 1 aromatic carbocycles. The number of fused-ring (bicyclic) bond motifs is 1. The SMILES string of the molecule is FC(F)(F)c1ccc(-c2cc3[nH]ccn3n2)cc1. The fourth-order valence-electron chi connectivity index (χ4n) is 1.78. The Bertz CT molecular complexity index is 648. The summed E-state index contributed by atoms with van der Waals surface area (Å²) in [6.07, 6.45) is -0.833. The molecule has 0 spiro atoms. The third-order valence-electron chi connectivity index (χ3n) is 2.69.